The zero-order valence-electron chi connectivity index (χ0n) is 18.8. The van der Waals surface area contributed by atoms with Crippen molar-refractivity contribution in [1.82, 2.24) is 5.32 Å². The van der Waals surface area contributed by atoms with Crippen LogP contribution in [0.25, 0.3) is 0 Å². The molecule has 1 fully saturated rings. The molecular formula is C24H31ClN2O5S. The number of nitrogens with zero attached hydrogens (tertiary/aromatic N) is 1. The van der Waals surface area contributed by atoms with Crippen LogP contribution in [-0.4, -0.2) is 47.2 Å². The van der Waals surface area contributed by atoms with Crippen LogP contribution in [0.4, 0.5) is 5.69 Å². The van der Waals surface area contributed by atoms with Crippen LogP contribution in [0.3, 0.4) is 0 Å². The fourth-order valence-corrected chi connectivity index (χ4v) is 5.39. The Morgan fingerprint density at radius 1 is 1.12 bits per heavy atom. The molecule has 0 radical (unpaired) electrons. The molecule has 2 aromatic rings. The number of sulfonamides is 1. The molecule has 0 aromatic heterocycles. The smallest absolute Gasteiger partial charge is 0.264 e. The first-order valence-corrected chi connectivity index (χ1v) is 13.0. The van der Waals surface area contributed by atoms with Gasteiger partial charge in [0.15, 0.2) is 0 Å². The number of hydrogen-bond acceptors (Lipinski definition) is 5. The van der Waals surface area contributed by atoms with Crippen molar-refractivity contribution in [1.29, 1.82) is 0 Å². The van der Waals surface area contributed by atoms with Crippen molar-refractivity contribution in [3.8, 4) is 5.75 Å². The molecule has 1 aliphatic carbocycles. The van der Waals surface area contributed by atoms with E-state index in [-0.39, 0.29) is 11.4 Å². The van der Waals surface area contributed by atoms with E-state index in [0.29, 0.717) is 42.1 Å². The largest absolute Gasteiger partial charge is 0.497 e. The molecule has 0 saturated heterocycles. The SMILES string of the molecule is COc1ccc(S(=O)(=O)N(CC(=O)NCCCOC2CCCCC2)c2cccc(Cl)c2)cc1. The van der Waals surface area contributed by atoms with Crippen LogP contribution in [-0.2, 0) is 19.6 Å². The predicted molar refractivity (Wildman–Crippen MR) is 129 cm³/mol. The van der Waals surface area contributed by atoms with Gasteiger partial charge < -0.3 is 14.8 Å². The van der Waals surface area contributed by atoms with Crippen LogP contribution < -0.4 is 14.4 Å². The van der Waals surface area contributed by atoms with Gasteiger partial charge in [0.25, 0.3) is 10.0 Å². The zero-order valence-corrected chi connectivity index (χ0v) is 20.4. The topological polar surface area (TPSA) is 84.9 Å². The van der Waals surface area contributed by atoms with Crippen LogP contribution in [0.2, 0.25) is 5.02 Å². The molecule has 0 aliphatic heterocycles. The van der Waals surface area contributed by atoms with E-state index >= 15 is 0 Å². The van der Waals surface area contributed by atoms with Gasteiger partial charge in [-0.15, -0.1) is 0 Å². The molecule has 180 valence electrons. The Morgan fingerprint density at radius 3 is 2.52 bits per heavy atom. The minimum Gasteiger partial charge on any atom is -0.497 e. The van der Waals surface area contributed by atoms with Crippen LogP contribution in [0, 0.1) is 0 Å². The second-order valence-electron chi connectivity index (χ2n) is 8.00. The average Bonchev–Trinajstić information content (AvgIpc) is 2.83. The van der Waals surface area contributed by atoms with Crippen LogP contribution in [0.1, 0.15) is 38.5 Å². The summed E-state index contributed by atoms with van der Waals surface area (Å²) < 4.78 is 38.8. The van der Waals surface area contributed by atoms with Crippen molar-refractivity contribution in [3.63, 3.8) is 0 Å². The van der Waals surface area contributed by atoms with E-state index in [2.05, 4.69) is 5.32 Å². The standard InChI is InChI=1S/C24H31ClN2O5S/c1-31-21-11-13-23(14-12-21)33(29,30)27(20-8-5-7-19(25)17-20)18-24(28)26-15-6-16-32-22-9-3-2-4-10-22/h5,7-8,11-14,17,22H,2-4,6,9-10,15-16,18H2,1H3,(H,26,28). The fraction of sp³-hybridized carbons (Fsp3) is 0.458. The number of carbonyl (C=O) groups excluding carboxylic acids is 1. The normalized spacial score (nSPS) is 14.6. The summed E-state index contributed by atoms with van der Waals surface area (Å²) in [6.45, 7) is 0.628. The van der Waals surface area contributed by atoms with Crippen molar-refractivity contribution < 1.29 is 22.7 Å². The fourth-order valence-electron chi connectivity index (χ4n) is 3.79. The minimum atomic E-state index is -4.01. The zero-order chi connectivity index (χ0) is 23.7. The summed E-state index contributed by atoms with van der Waals surface area (Å²) in [5, 5.41) is 3.18. The van der Waals surface area contributed by atoms with E-state index in [1.807, 2.05) is 0 Å². The monoisotopic (exact) mass is 494 g/mol. The molecule has 33 heavy (non-hydrogen) atoms. The third-order valence-corrected chi connectivity index (χ3v) is 7.60. The molecule has 0 spiro atoms. The van der Waals surface area contributed by atoms with Gasteiger partial charge in [-0.1, -0.05) is 36.9 Å². The molecular weight excluding hydrogens is 464 g/mol. The number of rotatable bonds is 11. The number of ether oxygens (including phenoxy) is 2. The maximum absolute atomic E-state index is 13.4. The maximum Gasteiger partial charge on any atom is 0.264 e. The Kier molecular flexibility index (Phi) is 9.41. The van der Waals surface area contributed by atoms with E-state index in [0.717, 1.165) is 17.1 Å². The molecule has 1 saturated carbocycles. The van der Waals surface area contributed by atoms with Gasteiger partial charge in [-0.3, -0.25) is 9.10 Å². The highest BCUT2D eigenvalue weighted by molar-refractivity contribution is 7.92. The van der Waals surface area contributed by atoms with E-state index in [1.165, 1.54) is 44.6 Å². The first-order chi connectivity index (χ1) is 15.9. The summed E-state index contributed by atoms with van der Waals surface area (Å²) in [5.41, 5.74) is 0.314. The number of anilines is 1. The summed E-state index contributed by atoms with van der Waals surface area (Å²) in [6, 6.07) is 12.5. The average molecular weight is 495 g/mol. The Hall–Kier alpha value is -2.29. The number of halogens is 1. The van der Waals surface area contributed by atoms with Crippen LogP contribution in [0.5, 0.6) is 5.75 Å². The molecule has 7 nitrogen and oxygen atoms in total. The molecule has 0 bridgehead atoms. The molecule has 0 heterocycles. The minimum absolute atomic E-state index is 0.0527. The van der Waals surface area contributed by atoms with Gasteiger partial charge in [0.2, 0.25) is 5.91 Å². The summed E-state index contributed by atoms with van der Waals surface area (Å²) in [6.07, 6.45) is 6.90. The quantitative estimate of drug-likeness (QED) is 0.468. The summed E-state index contributed by atoms with van der Waals surface area (Å²) >= 11 is 6.09. The number of nitrogens with one attached hydrogen (secondary N) is 1. The van der Waals surface area contributed by atoms with E-state index in [1.54, 1.807) is 30.3 Å². The second kappa shape index (κ2) is 12.3. The van der Waals surface area contributed by atoms with Gasteiger partial charge in [-0.05, 0) is 61.7 Å². The van der Waals surface area contributed by atoms with Gasteiger partial charge in [0.1, 0.15) is 12.3 Å². The molecule has 3 rings (SSSR count). The third-order valence-electron chi connectivity index (χ3n) is 5.58. The van der Waals surface area contributed by atoms with Crippen LogP contribution >= 0.6 is 11.6 Å². The van der Waals surface area contributed by atoms with Crippen molar-refractivity contribution in [3.05, 3.63) is 53.6 Å². The number of amides is 1. The van der Waals surface area contributed by atoms with Gasteiger partial charge in [-0.25, -0.2) is 8.42 Å². The number of methoxy groups -OCH3 is 1. The van der Waals surface area contributed by atoms with E-state index in [9.17, 15) is 13.2 Å². The highest BCUT2D eigenvalue weighted by Gasteiger charge is 2.27. The summed E-state index contributed by atoms with van der Waals surface area (Å²) in [4.78, 5) is 12.7. The lowest BCUT2D eigenvalue weighted by molar-refractivity contribution is -0.119. The Bertz CT molecular complexity index is 1010. The second-order valence-corrected chi connectivity index (χ2v) is 10.3. The van der Waals surface area contributed by atoms with Gasteiger partial charge in [-0.2, -0.15) is 0 Å². The predicted octanol–water partition coefficient (Wildman–Crippen LogP) is 4.40. The third kappa shape index (κ3) is 7.35. The molecule has 0 atom stereocenters. The van der Waals surface area contributed by atoms with E-state index < -0.39 is 15.9 Å². The van der Waals surface area contributed by atoms with E-state index in [4.69, 9.17) is 21.1 Å². The van der Waals surface area contributed by atoms with Gasteiger partial charge >= 0.3 is 0 Å². The Balaban J connectivity index is 1.63. The molecule has 2 aromatic carbocycles. The van der Waals surface area contributed by atoms with Gasteiger partial charge in [0.05, 0.1) is 23.8 Å². The summed E-state index contributed by atoms with van der Waals surface area (Å²) in [5.74, 6) is 0.140. The molecule has 1 N–H and O–H groups in total. The molecule has 1 amide bonds. The first kappa shape index (κ1) is 25.3. The Morgan fingerprint density at radius 2 is 1.85 bits per heavy atom. The van der Waals surface area contributed by atoms with Crippen molar-refractivity contribution >= 4 is 33.2 Å². The number of benzene rings is 2. The van der Waals surface area contributed by atoms with Gasteiger partial charge in [0, 0.05) is 18.2 Å². The molecule has 9 heteroatoms. The highest BCUT2D eigenvalue weighted by atomic mass is 35.5. The van der Waals surface area contributed by atoms with Crippen molar-refractivity contribution in [2.24, 2.45) is 0 Å². The molecule has 1 aliphatic rings. The summed E-state index contributed by atoms with van der Waals surface area (Å²) in [7, 11) is -2.50. The van der Waals surface area contributed by atoms with Crippen molar-refractivity contribution in [2.75, 3.05) is 31.1 Å². The highest BCUT2D eigenvalue weighted by Crippen LogP contribution is 2.27. The lowest BCUT2D eigenvalue weighted by atomic mass is 9.98. The van der Waals surface area contributed by atoms with Crippen LogP contribution in [0.15, 0.2) is 53.4 Å². The lowest BCUT2D eigenvalue weighted by Gasteiger charge is -2.24. The Labute approximate surface area is 201 Å². The lowest BCUT2D eigenvalue weighted by Crippen LogP contribution is -2.41. The molecule has 0 unspecified atom stereocenters. The number of hydrogen-bond donors (Lipinski definition) is 1. The first-order valence-electron chi connectivity index (χ1n) is 11.2. The van der Waals surface area contributed by atoms with Crippen molar-refractivity contribution in [2.45, 2.75) is 49.5 Å². The maximum atomic E-state index is 13.4. The number of carbonyl (C=O) groups is 1.